The normalized spacial score (nSPS) is 12.0. The Morgan fingerprint density at radius 1 is 1.09 bits per heavy atom. The number of hydrogen-bond acceptors (Lipinski definition) is 1. The van der Waals surface area contributed by atoms with Crippen molar-refractivity contribution in [2.75, 3.05) is 0 Å². The number of halogens is 2. The molecular weight excluding hydrogens is 329 g/mol. The van der Waals surface area contributed by atoms with Crippen molar-refractivity contribution >= 4 is 29.1 Å². The van der Waals surface area contributed by atoms with Crippen LogP contribution in [0.15, 0.2) is 36.4 Å². The van der Waals surface area contributed by atoms with Crippen LogP contribution in [0, 0.1) is 13.8 Å². The van der Waals surface area contributed by atoms with Crippen molar-refractivity contribution in [3.8, 4) is 0 Å². The molecule has 0 radical (unpaired) electrons. The van der Waals surface area contributed by atoms with Gasteiger partial charge in [0.2, 0.25) is 5.91 Å². The Kier molecular flexibility index (Phi) is 6.09. The number of rotatable bonds is 5. The number of benzene rings is 2. The van der Waals surface area contributed by atoms with Crippen LogP contribution >= 0.6 is 23.2 Å². The van der Waals surface area contributed by atoms with Crippen molar-refractivity contribution in [3.63, 3.8) is 0 Å². The highest BCUT2D eigenvalue weighted by Crippen LogP contribution is 2.25. The second kappa shape index (κ2) is 7.85. The van der Waals surface area contributed by atoms with E-state index in [-0.39, 0.29) is 11.9 Å². The predicted molar refractivity (Wildman–Crippen MR) is 97.3 cm³/mol. The van der Waals surface area contributed by atoms with Crippen molar-refractivity contribution < 1.29 is 4.79 Å². The van der Waals surface area contributed by atoms with Gasteiger partial charge in [-0.25, -0.2) is 0 Å². The Balaban J connectivity index is 1.95. The third kappa shape index (κ3) is 4.73. The highest BCUT2D eigenvalue weighted by molar-refractivity contribution is 6.36. The molecule has 0 saturated carbocycles. The zero-order valence-electron chi connectivity index (χ0n) is 13.6. The topological polar surface area (TPSA) is 29.1 Å². The first kappa shape index (κ1) is 17.8. The standard InChI is InChI=1S/C19H21Cl2NO/c1-12-7-8-15(11-13(12)2)14(3)22-19(23)10-9-16-17(20)5-4-6-18(16)21/h4-8,11,14H,9-10H2,1-3H3,(H,22,23). The zero-order chi connectivity index (χ0) is 17.0. The molecule has 2 aromatic carbocycles. The lowest BCUT2D eigenvalue weighted by Gasteiger charge is -2.16. The number of amides is 1. The average molecular weight is 350 g/mol. The molecule has 0 spiro atoms. The molecule has 0 aliphatic rings. The van der Waals surface area contributed by atoms with Gasteiger partial charge >= 0.3 is 0 Å². The molecule has 1 N–H and O–H groups in total. The second-order valence-electron chi connectivity index (χ2n) is 5.83. The summed E-state index contributed by atoms with van der Waals surface area (Å²) in [5, 5.41) is 4.24. The summed E-state index contributed by atoms with van der Waals surface area (Å²) in [7, 11) is 0. The fraction of sp³-hybridized carbons (Fsp3) is 0.316. The maximum absolute atomic E-state index is 12.2. The van der Waals surface area contributed by atoms with Gasteiger partial charge in [0.15, 0.2) is 0 Å². The van der Waals surface area contributed by atoms with Crippen molar-refractivity contribution in [2.45, 2.75) is 39.7 Å². The Morgan fingerprint density at radius 2 is 1.74 bits per heavy atom. The van der Waals surface area contributed by atoms with Gasteiger partial charge < -0.3 is 5.32 Å². The average Bonchev–Trinajstić information content (AvgIpc) is 2.49. The third-order valence-electron chi connectivity index (χ3n) is 4.07. The largest absolute Gasteiger partial charge is 0.350 e. The van der Waals surface area contributed by atoms with Crippen LogP contribution in [0.1, 0.15) is 41.6 Å². The summed E-state index contributed by atoms with van der Waals surface area (Å²) in [6, 6.07) is 11.6. The molecule has 0 heterocycles. The van der Waals surface area contributed by atoms with E-state index in [0.29, 0.717) is 22.9 Å². The van der Waals surface area contributed by atoms with Crippen molar-refractivity contribution in [3.05, 3.63) is 68.7 Å². The summed E-state index contributed by atoms with van der Waals surface area (Å²) in [6.07, 6.45) is 0.891. The van der Waals surface area contributed by atoms with Crippen LogP contribution < -0.4 is 5.32 Å². The Bertz CT molecular complexity index is 692. The lowest BCUT2D eigenvalue weighted by molar-refractivity contribution is -0.121. The predicted octanol–water partition coefficient (Wildman–Crippen LogP) is 5.42. The molecule has 1 amide bonds. The van der Waals surface area contributed by atoms with Crippen LogP contribution in [0.5, 0.6) is 0 Å². The molecule has 0 bridgehead atoms. The molecule has 0 aromatic heterocycles. The van der Waals surface area contributed by atoms with Gasteiger partial charge in [-0.2, -0.15) is 0 Å². The molecule has 2 rings (SSSR count). The monoisotopic (exact) mass is 349 g/mol. The lowest BCUT2D eigenvalue weighted by Crippen LogP contribution is -2.27. The smallest absolute Gasteiger partial charge is 0.220 e. The first-order chi connectivity index (χ1) is 10.9. The fourth-order valence-electron chi connectivity index (χ4n) is 2.44. The van der Waals surface area contributed by atoms with Gasteiger partial charge in [-0.3, -0.25) is 4.79 Å². The maximum atomic E-state index is 12.2. The second-order valence-corrected chi connectivity index (χ2v) is 6.65. The Labute approximate surface area is 147 Å². The summed E-state index contributed by atoms with van der Waals surface area (Å²) in [6.45, 7) is 6.15. The molecule has 0 saturated heterocycles. The summed E-state index contributed by atoms with van der Waals surface area (Å²) in [5.41, 5.74) is 4.41. The van der Waals surface area contributed by atoms with Crippen LogP contribution in [-0.4, -0.2) is 5.91 Å². The molecule has 0 aliphatic carbocycles. The van der Waals surface area contributed by atoms with Crippen molar-refractivity contribution in [2.24, 2.45) is 0 Å². The van der Waals surface area contributed by atoms with E-state index in [4.69, 9.17) is 23.2 Å². The molecule has 4 heteroatoms. The molecule has 2 nitrogen and oxygen atoms in total. The summed E-state index contributed by atoms with van der Waals surface area (Å²) in [5.74, 6) is -0.00767. The first-order valence-corrected chi connectivity index (χ1v) is 8.43. The van der Waals surface area contributed by atoms with Gasteiger partial charge in [0, 0.05) is 16.5 Å². The van der Waals surface area contributed by atoms with E-state index in [0.717, 1.165) is 11.1 Å². The van der Waals surface area contributed by atoms with Crippen LogP contribution in [0.3, 0.4) is 0 Å². The number of carbonyl (C=O) groups excluding carboxylic acids is 1. The maximum Gasteiger partial charge on any atom is 0.220 e. The molecule has 2 aromatic rings. The molecule has 1 atom stereocenters. The van der Waals surface area contributed by atoms with Crippen LogP contribution in [0.4, 0.5) is 0 Å². The van der Waals surface area contributed by atoms with Gasteiger partial charge in [-0.05, 0) is 61.6 Å². The van der Waals surface area contributed by atoms with Gasteiger partial charge in [0.1, 0.15) is 0 Å². The molecule has 23 heavy (non-hydrogen) atoms. The highest BCUT2D eigenvalue weighted by Gasteiger charge is 2.12. The lowest BCUT2D eigenvalue weighted by atomic mass is 10.0. The molecule has 0 fully saturated rings. The minimum absolute atomic E-state index is 0.00767. The van der Waals surface area contributed by atoms with Crippen molar-refractivity contribution in [1.82, 2.24) is 5.32 Å². The summed E-state index contributed by atoms with van der Waals surface area (Å²) >= 11 is 12.3. The van der Waals surface area contributed by atoms with Crippen molar-refractivity contribution in [1.29, 1.82) is 0 Å². The summed E-state index contributed by atoms with van der Waals surface area (Å²) in [4.78, 5) is 12.2. The number of nitrogens with one attached hydrogen (secondary N) is 1. The van der Waals surface area contributed by atoms with E-state index >= 15 is 0 Å². The first-order valence-electron chi connectivity index (χ1n) is 7.68. The van der Waals surface area contributed by atoms with E-state index in [1.54, 1.807) is 18.2 Å². The zero-order valence-corrected chi connectivity index (χ0v) is 15.1. The SMILES string of the molecule is Cc1ccc(C(C)NC(=O)CCc2c(Cl)cccc2Cl)cc1C. The van der Waals surface area contributed by atoms with Gasteiger partial charge in [-0.1, -0.05) is 47.5 Å². The summed E-state index contributed by atoms with van der Waals surface area (Å²) < 4.78 is 0. The molecule has 1 unspecified atom stereocenters. The van der Waals surface area contributed by atoms with E-state index in [1.165, 1.54) is 11.1 Å². The van der Waals surface area contributed by atoms with Gasteiger partial charge in [0.25, 0.3) is 0 Å². The Morgan fingerprint density at radius 3 is 2.35 bits per heavy atom. The molecular formula is C19H21Cl2NO. The fourth-order valence-corrected chi connectivity index (χ4v) is 3.03. The number of hydrogen-bond donors (Lipinski definition) is 1. The quantitative estimate of drug-likeness (QED) is 0.766. The highest BCUT2D eigenvalue weighted by atomic mass is 35.5. The number of aryl methyl sites for hydroxylation is 2. The third-order valence-corrected chi connectivity index (χ3v) is 4.78. The van der Waals surface area contributed by atoms with E-state index in [2.05, 4.69) is 37.4 Å². The van der Waals surface area contributed by atoms with Gasteiger partial charge in [-0.15, -0.1) is 0 Å². The van der Waals surface area contributed by atoms with E-state index in [9.17, 15) is 4.79 Å². The van der Waals surface area contributed by atoms with Crippen LogP contribution in [0.25, 0.3) is 0 Å². The number of carbonyl (C=O) groups is 1. The van der Waals surface area contributed by atoms with E-state index in [1.807, 2.05) is 6.92 Å². The van der Waals surface area contributed by atoms with Gasteiger partial charge in [0.05, 0.1) is 6.04 Å². The minimum atomic E-state index is -0.0245. The molecule has 122 valence electrons. The van der Waals surface area contributed by atoms with E-state index < -0.39 is 0 Å². The Hall–Kier alpha value is -1.51. The van der Waals surface area contributed by atoms with Crippen LogP contribution in [0.2, 0.25) is 10.0 Å². The molecule has 0 aliphatic heterocycles. The van der Waals surface area contributed by atoms with Crippen LogP contribution in [-0.2, 0) is 11.2 Å². The minimum Gasteiger partial charge on any atom is -0.350 e.